The molecule has 1 radical (unpaired) electrons. The van der Waals surface area contributed by atoms with E-state index in [2.05, 4.69) is 44.2 Å². The van der Waals surface area contributed by atoms with Crippen LogP contribution >= 0.6 is 0 Å². The molecule has 0 spiro atoms. The van der Waals surface area contributed by atoms with Gasteiger partial charge in [0.15, 0.2) is 0 Å². The van der Waals surface area contributed by atoms with E-state index < -0.39 is 0 Å². The number of hydrogen-bond donors (Lipinski definition) is 0. The molecule has 0 fully saturated rings. The van der Waals surface area contributed by atoms with Gasteiger partial charge in [0, 0.05) is 0 Å². The van der Waals surface area contributed by atoms with Crippen molar-refractivity contribution in [2.24, 2.45) is 0 Å². The monoisotopic (exact) mass is 317 g/mol. The molecule has 0 aliphatic carbocycles. The van der Waals surface area contributed by atoms with Crippen molar-refractivity contribution in [3.05, 3.63) is 41.5 Å². The standard InChI is InChI=1S/C12H13.2ClH.Zr/c1-3-10-7-11-6-4-5-9(2)12(11)8-10;;;/h4-8H,3H2,1-2H3;2*1H;/q-1;;;+3/p-2. The zero-order chi connectivity index (χ0) is 8.55. The minimum absolute atomic E-state index is 0. The van der Waals surface area contributed by atoms with E-state index in [1.807, 2.05) is 0 Å². The topological polar surface area (TPSA) is 0 Å². The summed E-state index contributed by atoms with van der Waals surface area (Å²) in [6.07, 6.45) is 1.13. The van der Waals surface area contributed by atoms with Gasteiger partial charge in [0.05, 0.1) is 0 Å². The van der Waals surface area contributed by atoms with Crippen LogP contribution in [0.1, 0.15) is 18.1 Å². The van der Waals surface area contributed by atoms with E-state index in [9.17, 15) is 0 Å². The van der Waals surface area contributed by atoms with Crippen molar-refractivity contribution < 1.29 is 51.0 Å². The third-order valence-electron chi connectivity index (χ3n) is 2.44. The Morgan fingerprint density at radius 2 is 1.87 bits per heavy atom. The molecule has 0 nitrogen and oxygen atoms in total. The molecule has 0 aromatic heterocycles. The van der Waals surface area contributed by atoms with Gasteiger partial charge in [-0.05, 0) is 13.3 Å². The zero-order valence-electron chi connectivity index (χ0n) is 8.85. The molecule has 0 N–H and O–H groups in total. The Labute approximate surface area is 123 Å². The van der Waals surface area contributed by atoms with Crippen molar-refractivity contribution in [1.29, 1.82) is 0 Å². The molecule has 0 saturated heterocycles. The zero-order valence-corrected chi connectivity index (χ0v) is 12.8. The first kappa shape index (κ1) is 17.7. The third-order valence-corrected chi connectivity index (χ3v) is 2.44. The fourth-order valence-electron chi connectivity index (χ4n) is 1.66. The molecule has 0 aliphatic rings. The maximum atomic E-state index is 2.30. The molecule has 79 valence electrons. The van der Waals surface area contributed by atoms with Crippen molar-refractivity contribution in [2.45, 2.75) is 20.3 Å². The average molecular weight is 319 g/mol. The largest absolute Gasteiger partial charge is 3.00 e. The van der Waals surface area contributed by atoms with Crippen molar-refractivity contribution >= 4 is 10.8 Å². The Bertz CT molecular complexity index is 407. The number of benzene rings is 1. The maximum Gasteiger partial charge on any atom is 3.00 e. The second-order valence-electron chi connectivity index (χ2n) is 3.29. The van der Waals surface area contributed by atoms with Crippen molar-refractivity contribution in [1.82, 2.24) is 0 Å². The van der Waals surface area contributed by atoms with E-state index in [4.69, 9.17) is 0 Å². The fraction of sp³-hybridized carbons (Fsp3) is 0.250. The van der Waals surface area contributed by atoms with Crippen molar-refractivity contribution in [3.8, 4) is 0 Å². The van der Waals surface area contributed by atoms with Gasteiger partial charge in [0.1, 0.15) is 0 Å². The summed E-state index contributed by atoms with van der Waals surface area (Å²) >= 11 is 0. The van der Waals surface area contributed by atoms with E-state index in [1.165, 1.54) is 21.9 Å². The van der Waals surface area contributed by atoms with Crippen LogP contribution in [0, 0.1) is 6.92 Å². The first-order valence-corrected chi connectivity index (χ1v) is 4.46. The van der Waals surface area contributed by atoms with E-state index in [0.29, 0.717) is 0 Å². The Kier molecular flexibility index (Phi) is 8.90. The third kappa shape index (κ3) is 3.66. The van der Waals surface area contributed by atoms with Gasteiger partial charge in [-0.2, -0.15) is 6.07 Å². The second-order valence-corrected chi connectivity index (χ2v) is 3.29. The normalized spacial score (nSPS) is 8.67. The van der Waals surface area contributed by atoms with Gasteiger partial charge >= 0.3 is 26.2 Å². The Balaban J connectivity index is 0. The molecule has 15 heavy (non-hydrogen) atoms. The van der Waals surface area contributed by atoms with Crippen LogP contribution in [0.25, 0.3) is 10.8 Å². The van der Waals surface area contributed by atoms with Crippen LogP contribution in [0.3, 0.4) is 0 Å². The molecule has 0 heterocycles. The number of rotatable bonds is 1. The van der Waals surface area contributed by atoms with Gasteiger partial charge in [-0.15, -0.1) is 34.5 Å². The number of aryl methyl sites for hydroxylation is 2. The molecule has 0 amide bonds. The second kappa shape index (κ2) is 7.55. The summed E-state index contributed by atoms with van der Waals surface area (Å²) in [6, 6.07) is 11.0. The van der Waals surface area contributed by atoms with Crippen LogP contribution in [0.4, 0.5) is 0 Å². The van der Waals surface area contributed by atoms with Gasteiger partial charge in [0.2, 0.25) is 0 Å². The molecule has 2 aromatic rings. The Hall–Kier alpha value is 0.293. The predicted molar refractivity (Wildman–Crippen MR) is 53.7 cm³/mol. The van der Waals surface area contributed by atoms with Gasteiger partial charge in [0.25, 0.3) is 0 Å². The summed E-state index contributed by atoms with van der Waals surface area (Å²) in [5.74, 6) is 0. The SMILES string of the molecule is CCc1cc2c(C)cccc2[cH-]1.[Cl-].[Cl-].[Zr+3]. The van der Waals surface area contributed by atoms with Crippen LogP contribution in [-0.4, -0.2) is 0 Å². The Morgan fingerprint density at radius 1 is 1.20 bits per heavy atom. The number of hydrogen-bond acceptors (Lipinski definition) is 0. The summed E-state index contributed by atoms with van der Waals surface area (Å²) in [6.45, 7) is 4.37. The van der Waals surface area contributed by atoms with Crippen molar-refractivity contribution in [2.75, 3.05) is 0 Å². The molecule has 0 bridgehead atoms. The predicted octanol–water partition coefficient (Wildman–Crippen LogP) is -2.56. The molecular formula is C12H13Cl2Zr. The quantitative estimate of drug-likeness (QED) is 0.507. The van der Waals surface area contributed by atoms with Crippen LogP contribution in [0.2, 0.25) is 0 Å². The van der Waals surface area contributed by atoms with E-state index in [1.54, 1.807) is 0 Å². The fourth-order valence-corrected chi connectivity index (χ4v) is 1.66. The molecule has 2 rings (SSSR count). The minimum atomic E-state index is 0. The molecule has 2 aromatic carbocycles. The average Bonchev–Trinajstić information content (AvgIpc) is 2.49. The minimum Gasteiger partial charge on any atom is -1.00 e. The molecule has 0 saturated carbocycles. The van der Waals surface area contributed by atoms with Crippen LogP contribution in [0.15, 0.2) is 30.3 Å². The van der Waals surface area contributed by atoms with E-state index >= 15 is 0 Å². The molecule has 3 heteroatoms. The van der Waals surface area contributed by atoms with E-state index in [-0.39, 0.29) is 51.0 Å². The number of halogens is 2. The van der Waals surface area contributed by atoms with Crippen LogP contribution in [0.5, 0.6) is 0 Å². The molecular weight excluding hydrogens is 306 g/mol. The smallest absolute Gasteiger partial charge is 1.00 e. The summed E-state index contributed by atoms with van der Waals surface area (Å²) in [5.41, 5.74) is 2.83. The summed E-state index contributed by atoms with van der Waals surface area (Å²) in [7, 11) is 0. The van der Waals surface area contributed by atoms with Gasteiger partial charge in [-0.3, -0.25) is 0 Å². The Morgan fingerprint density at radius 3 is 2.40 bits per heavy atom. The summed E-state index contributed by atoms with van der Waals surface area (Å²) < 4.78 is 0. The van der Waals surface area contributed by atoms with Gasteiger partial charge in [-0.1, -0.05) is 18.6 Å². The molecule has 0 atom stereocenters. The summed E-state index contributed by atoms with van der Waals surface area (Å²) in [4.78, 5) is 0. The van der Waals surface area contributed by atoms with Crippen LogP contribution in [-0.2, 0) is 32.6 Å². The summed E-state index contributed by atoms with van der Waals surface area (Å²) in [5, 5.41) is 2.79. The maximum absolute atomic E-state index is 2.30. The molecule has 0 aliphatic heterocycles. The van der Waals surface area contributed by atoms with Crippen LogP contribution < -0.4 is 24.8 Å². The van der Waals surface area contributed by atoms with Gasteiger partial charge in [-0.25, -0.2) is 0 Å². The van der Waals surface area contributed by atoms with Gasteiger partial charge < -0.3 is 24.8 Å². The van der Waals surface area contributed by atoms with Crippen molar-refractivity contribution in [3.63, 3.8) is 0 Å². The molecule has 0 unspecified atom stereocenters. The first-order valence-electron chi connectivity index (χ1n) is 4.46. The number of fused-ring (bicyclic) bond motifs is 1. The van der Waals surface area contributed by atoms with E-state index in [0.717, 1.165) is 6.42 Å². The first-order chi connectivity index (χ1) is 5.81.